The highest BCUT2D eigenvalue weighted by molar-refractivity contribution is 6.21. The second kappa shape index (κ2) is 7.84. The van der Waals surface area contributed by atoms with Gasteiger partial charge in [-0.2, -0.15) is 0 Å². The SMILES string of the molecule is O=C(NC(Cc1ccccc1)N1C(=O)c2ccccc2C1=O)N1CCCCC1. The standard InChI is InChI=1S/C22H23N3O3/c26-20-17-11-5-6-12-18(17)21(27)25(20)19(15-16-9-3-1-4-10-16)23-22(28)24-13-7-2-8-14-24/h1,3-6,9-12,19H,2,7-8,13-15H2,(H,23,28). The lowest BCUT2D eigenvalue weighted by atomic mass is 10.1. The summed E-state index contributed by atoms with van der Waals surface area (Å²) < 4.78 is 0. The fourth-order valence-electron chi connectivity index (χ4n) is 3.87. The Bertz CT molecular complexity index is 856. The summed E-state index contributed by atoms with van der Waals surface area (Å²) in [4.78, 5) is 41.6. The fraction of sp³-hybridized carbons (Fsp3) is 0.318. The smallest absolute Gasteiger partial charge is 0.319 e. The summed E-state index contributed by atoms with van der Waals surface area (Å²) in [5.41, 5.74) is 1.72. The molecule has 0 spiro atoms. The summed E-state index contributed by atoms with van der Waals surface area (Å²) in [5.74, 6) is -0.721. The largest absolute Gasteiger partial charge is 0.325 e. The molecule has 1 N–H and O–H groups in total. The van der Waals surface area contributed by atoms with Crippen molar-refractivity contribution in [1.82, 2.24) is 15.1 Å². The molecular weight excluding hydrogens is 354 g/mol. The van der Waals surface area contributed by atoms with Crippen LogP contribution in [0.1, 0.15) is 45.5 Å². The molecule has 144 valence electrons. The Labute approximate surface area is 164 Å². The zero-order chi connectivity index (χ0) is 19.5. The van der Waals surface area contributed by atoms with Gasteiger partial charge in [0.2, 0.25) is 0 Å². The minimum absolute atomic E-state index is 0.225. The fourth-order valence-corrected chi connectivity index (χ4v) is 3.87. The van der Waals surface area contributed by atoms with Crippen LogP contribution in [-0.4, -0.2) is 46.9 Å². The Morgan fingerprint density at radius 2 is 1.43 bits per heavy atom. The minimum Gasteiger partial charge on any atom is -0.325 e. The molecule has 2 aliphatic heterocycles. The van der Waals surface area contributed by atoms with E-state index in [1.165, 1.54) is 4.90 Å². The van der Waals surface area contributed by atoms with E-state index >= 15 is 0 Å². The summed E-state index contributed by atoms with van der Waals surface area (Å²) in [5, 5.41) is 2.94. The lowest BCUT2D eigenvalue weighted by Crippen LogP contribution is -2.55. The number of hydrogen-bond acceptors (Lipinski definition) is 3. The van der Waals surface area contributed by atoms with Crippen LogP contribution >= 0.6 is 0 Å². The number of likely N-dealkylation sites (tertiary alicyclic amines) is 1. The number of amides is 4. The van der Waals surface area contributed by atoms with E-state index < -0.39 is 6.17 Å². The van der Waals surface area contributed by atoms with Gasteiger partial charge in [-0.1, -0.05) is 42.5 Å². The van der Waals surface area contributed by atoms with E-state index in [9.17, 15) is 14.4 Å². The Kier molecular flexibility index (Phi) is 5.10. The number of rotatable bonds is 4. The van der Waals surface area contributed by atoms with E-state index in [-0.39, 0.29) is 17.8 Å². The molecular formula is C22H23N3O3. The van der Waals surface area contributed by atoms with Crippen molar-refractivity contribution in [3.63, 3.8) is 0 Å². The molecule has 2 aliphatic rings. The van der Waals surface area contributed by atoms with Crippen molar-refractivity contribution in [3.8, 4) is 0 Å². The van der Waals surface area contributed by atoms with Crippen molar-refractivity contribution in [2.45, 2.75) is 31.8 Å². The van der Waals surface area contributed by atoms with E-state index in [2.05, 4.69) is 5.32 Å². The number of fused-ring (bicyclic) bond motifs is 1. The van der Waals surface area contributed by atoms with Gasteiger partial charge in [0.25, 0.3) is 11.8 Å². The summed E-state index contributed by atoms with van der Waals surface area (Å²) >= 11 is 0. The second-order valence-electron chi connectivity index (χ2n) is 7.23. The molecule has 28 heavy (non-hydrogen) atoms. The Hall–Kier alpha value is -3.15. The third-order valence-corrected chi connectivity index (χ3v) is 5.34. The molecule has 0 radical (unpaired) electrons. The highest BCUT2D eigenvalue weighted by Crippen LogP contribution is 2.25. The quantitative estimate of drug-likeness (QED) is 0.833. The molecule has 6 nitrogen and oxygen atoms in total. The van der Waals surface area contributed by atoms with Gasteiger partial charge < -0.3 is 10.2 Å². The Balaban J connectivity index is 1.60. The van der Waals surface area contributed by atoms with E-state index in [1.807, 2.05) is 30.3 Å². The molecule has 0 aromatic heterocycles. The van der Waals surface area contributed by atoms with Crippen molar-refractivity contribution in [2.75, 3.05) is 13.1 Å². The number of hydrogen-bond donors (Lipinski definition) is 1. The normalized spacial score (nSPS) is 17.4. The number of nitrogens with zero attached hydrogens (tertiary/aromatic N) is 2. The van der Waals surface area contributed by atoms with Gasteiger partial charge in [0, 0.05) is 19.5 Å². The lowest BCUT2D eigenvalue weighted by Gasteiger charge is -2.32. The number of urea groups is 1. The predicted octanol–water partition coefficient (Wildman–Crippen LogP) is 3.05. The Morgan fingerprint density at radius 3 is 2.04 bits per heavy atom. The molecule has 2 aromatic carbocycles. The number of benzene rings is 2. The molecule has 6 heteroatoms. The van der Waals surface area contributed by atoms with Crippen molar-refractivity contribution < 1.29 is 14.4 Å². The number of carbonyl (C=O) groups is 3. The zero-order valence-electron chi connectivity index (χ0n) is 15.6. The Morgan fingerprint density at radius 1 is 0.857 bits per heavy atom. The first-order valence-corrected chi connectivity index (χ1v) is 9.71. The first-order chi connectivity index (χ1) is 13.6. The maximum atomic E-state index is 12.9. The number of imide groups is 1. The molecule has 1 atom stereocenters. The predicted molar refractivity (Wildman–Crippen MR) is 105 cm³/mol. The zero-order valence-corrected chi connectivity index (χ0v) is 15.6. The molecule has 1 unspecified atom stereocenters. The molecule has 0 aliphatic carbocycles. The number of piperidine rings is 1. The average molecular weight is 377 g/mol. The molecule has 2 aromatic rings. The van der Waals surface area contributed by atoms with Crippen LogP contribution in [0.5, 0.6) is 0 Å². The van der Waals surface area contributed by atoms with E-state index in [0.29, 0.717) is 30.6 Å². The molecule has 4 amide bonds. The van der Waals surface area contributed by atoms with Gasteiger partial charge in [0.05, 0.1) is 11.1 Å². The average Bonchev–Trinajstić information content (AvgIpc) is 2.99. The van der Waals surface area contributed by atoms with Crippen LogP contribution in [0.25, 0.3) is 0 Å². The minimum atomic E-state index is -0.732. The van der Waals surface area contributed by atoms with Crippen LogP contribution < -0.4 is 5.32 Å². The summed E-state index contributed by atoms with van der Waals surface area (Å²) in [6, 6.07) is 16.1. The molecule has 1 fully saturated rings. The van der Waals surface area contributed by atoms with Crippen molar-refractivity contribution >= 4 is 17.8 Å². The lowest BCUT2D eigenvalue weighted by molar-refractivity contribution is 0.0556. The van der Waals surface area contributed by atoms with Crippen LogP contribution in [0.15, 0.2) is 54.6 Å². The second-order valence-corrected chi connectivity index (χ2v) is 7.23. The molecule has 1 saturated heterocycles. The first kappa shape index (κ1) is 18.2. The van der Waals surface area contributed by atoms with Crippen molar-refractivity contribution in [3.05, 3.63) is 71.3 Å². The first-order valence-electron chi connectivity index (χ1n) is 9.71. The van der Waals surface area contributed by atoms with Crippen molar-refractivity contribution in [2.24, 2.45) is 0 Å². The van der Waals surface area contributed by atoms with Gasteiger partial charge in [0.15, 0.2) is 0 Å². The molecule has 0 saturated carbocycles. The summed E-state index contributed by atoms with van der Waals surface area (Å²) in [6.07, 6.45) is 2.71. The van der Waals surface area contributed by atoms with E-state index in [4.69, 9.17) is 0 Å². The van der Waals surface area contributed by atoms with Gasteiger partial charge in [-0.15, -0.1) is 0 Å². The van der Waals surface area contributed by atoms with Crippen LogP contribution in [0.2, 0.25) is 0 Å². The third kappa shape index (κ3) is 3.50. The highest BCUT2D eigenvalue weighted by Gasteiger charge is 2.40. The monoisotopic (exact) mass is 377 g/mol. The van der Waals surface area contributed by atoms with Gasteiger partial charge in [-0.25, -0.2) is 4.79 Å². The maximum Gasteiger partial charge on any atom is 0.319 e. The van der Waals surface area contributed by atoms with Crippen LogP contribution in [-0.2, 0) is 6.42 Å². The van der Waals surface area contributed by atoms with E-state index in [1.54, 1.807) is 29.2 Å². The van der Waals surface area contributed by atoms with Gasteiger partial charge in [0.1, 0.15) is 6.17 Å². The number of carbonyl (C=O) groups excluding carboxylic acids is 3. The van der Waals surface area contributed by atoms with Gasteiger partial charge in [-0.05, 0) is 37.0 Å². The van der Waals surface area contributed by atoms with Crippen molar-refractivity contribution in [1.29, 1.82) is 0 Å². The summed E-state index contributed by atoms with van der Waals surface area (Å²) in [7, 11) is 0. The number of nitrogens with one attached hydrogen (secondary N) is 1. The molecule has 4 rings (SSSR count). The molecule has 2 heterocycles. The topological polar surface area (TPSA) is 69.7 Å². The molecule has 0 bridgehead atoms. The van der Waals surface area contributed by atoms with Gasteiger partial charge >= 0.3 is 6.03 Å². The maximum absolute atomic E-state index is 12.9. The highest BCUT2D eigenvalue weighted by atomic mass is 16.2. The van der Waals surface area contributed by atoms with Crippen LogP contribution in [0, 0.1) is 0 Å². The van der Waals surface area contributed by atoms with Crippen LogP contribution in [0.3, 0.4) is 0 Å². The van der Waals surface area contributed by atoms with Crippen LogP contribution in [0.4, 0.5) is 4.79 Å². The van der Waals surface area contributed by atoms with E-state index in [0.717, 1.165) is 24.8 Å². The third-order valence-electron chi connectivity index (χ3n) is 5.34. The summed E-state index contributed by atoms with van der Waals surface area (Å²) in [6.45, 7) is 1.40. The van der Waals surface area contributed by atoms with Gasteiger partial charge in [-0.3, -0.25) is 14.5 Å².